The van der Waals surface area contributed by atoms with Crippen LogP contribution in [-0.4, -0.2) is 106 Å². The lowest BCUT2D eigenvalue weighted by atomic mass is 9.79. The molecule has 2 aliphatic rings. The Morgan fingerprint density at radius 1 is 0.875 bits per heavy atom. The number of pyridine rings is 2. The van der Waals surface area contributed by atoms with Crippen LogP contribution in [0.2, 0.25) is 0 Å². The van der Waals surface area contributed by atoms with Crippen LogP contribution < -0.4 is 9.47 Å². The van der Waals surface area contributed by atoms with E-state index >= 15 is 0 Å². The monoisotopic (exact) mass is 715 g/mol. The smallest absolute Gasteiger partial charge is 0.481 e. The number of carbonyl (C=O) groups is 3. The molecule has 48 heavy (non-hydrogen) atoms. The maximum atomic E-state index is 13.6. The first kappa shape index (κ1) is 41.6. The molecule has 2 aromatic heterocycles. The summed E-state index contributed by atoms with van der Waals surface area (Å²) >= 11 is 0. The summed E-state index contributed by atoms with van der Waals surface area (Å²) in [6.45, 7) is 3.78. The van der Waals surface area contributed by atoms with Crippen molar-refractivity contribution in [2.75, 3.05) is 33.4 Å². The van der Waals surface area contributed by atoms with Gasteiger partial charge in [0.1, 0.15) is 0 Å². The van der Waals surface area contributed by atoms with Gasteiger partial charge < -0.3 is 29.5 Å². The summed E-state index contributed by atoms with van der Waals surface area (Å²) in [5.41, 5.74) is 0.972. The molecule has 0 amide bonds. The minimum atomic E-state index is -5.08. The number of alkyl halides is 9. The average Bonchev–Trinajstić information content (AvgIpc) is 3.37. The van der Waals surface area contributed by atoms with Crippen LogP contribution in [0.1, 0.15) is 18.4 Å². The van der Waals surface area contributed by atoms with Crippen molar-refractivity contribution in [2.45, 2.75) is 43.5 Å². The van der Waals surface area contributed by atoms with E-state index in [0.29, 0.717) is 18.4 Å². The van der Waals surface area contributed by atoms with Crippen LogP contribution in [-0.2, 0) is 25.7 Å². The van der Waals surface area contributed by atoms with E-state index in [1.54, 1.807) is 19.4 Å². The van der Waals surface area contributed by atoms with Crippen LogP contribution in [0.4, 0.5) is 43.9 Å². The second-order valence-electron chi connectivity index (χ2n) is 9.55. The van der Waals surface area contributed by atoms with Gasteiger partial charge in [-0.25, -0.2) is 28.7 Å². The van der Waals surface area contributed by atoms with Crippen LogP contribution >= 0.6 is 0 Å². The first-order valence-corrected chi connectivity index (χ1v) is 13.0. The predicted molar refractivity (Wildman–Crippen MR) is 138 cm³/mol. The Morgan fingerprint density at radius 3 is 1.77 bits per heavy atom. The topological polar surface area (TPSA) is 169 Å². The molecule has 0 aromatic carbocycles. The average molecular weight is 715 g/mol. The molecule has 0 bridgehead atoms. The van der Waals surface area contributed by atoms with Gasteiger partial charge in [-0.15, -0.1) is 0 Å². The number of halogens is 10. The molecule has 1 atom stereocenters. The minimum absolute atomic E-state index is 0.0735. The number of hydrogen-bond donors (Lipinski definition) is 3. The lowest BCUT2D eigenvalue weighted by Crippen LogP contribution is -2.64. The summed E-state index contributed by atoms with van der Waals surface area (Å²) in [5.74, 6) is -7.53. The Balaban J connectivity index is 0.000000448. The quantitative estimate of drug-likeness (QED) is 0.342. The Kier molecular flexibility index (Phi) is 15.2. The van der Waals surface area contributed by atoms with Crippen LogP contribution in [0.15, 0.2) is 36.7 Å². The molecule has 2 saturated heterocycles. The highest BCUT2D eigenvalue weighted by Crippen LogP contribution is 2.42. The highest BCUT2D eigenvalue weighted by atomic mass is 19.4. The van der Waals surface area contributed by atoms with Gasteiger partial charge in [0.15, 0.2) is 5.82 Å². The van der Waals surface area contributed by atoms with Crippen molar-refractivity contribution in [3.05, 3.63) is 48.0 Å². The van der Waals surface area contributed by atoms with E-state index in [-0.39, 0.29) is 11.5 Å². The zero-order valence-electron chi connectivity index (χ0n) is 24.4. The zero-order chi connectivity index (χ0) is 36.9. The van der Waals surface area contributed by atoms with Crippen LogP contribution in [0.25, 0.3) is 0 Å². The number of likely N-dealkylation sites (tertiary alicyclic amines) is 1. The van der Waals surface area contributed by atoms with Gasteiger partial charge in [-0.05, 0) is 37.0 Å². The molecule has 2 aliphatic heterocycles. The lowest BCUT2D eigenvalue weighted by Gasteiger charge is -2.50. The number of ether oxygens (including phenoxy) is 3. The SMILES string of the molecule is COc1ncccc1CN1CC2(C1)OCCC2CCOc1ncccc1F.O=C(O)C(F)(F)F.O=C(O)C(F)(F)F.O=C(O)C(F)(F)F. The molecule has 1 spiro atoms. The summed E-state index contributed by atoms with van der Waals surface area (Å²) in [4.78, 5) is 37.2. The van der Waals surface area contributed by atoms with Crippen molar-refractivity contribution in [1.82, 2.24) is 14.9 Å². The zero-order valence-corrected chi connectivity index (χ0v) is 24.4. The fourth-order valence-electron chi connectivity index (χ4n) is 4.11. The number of aromatic nitrogens is 2. The molecule has 22 heteroatoms. The van der Waals surface area contributed by atoms with Crippen molar-refractivity contribution in [2.24, 2.45) is 5.92 Å². The number of rotatable bonds is 7. The van der Waals surface area contributed by atoms with Gasteiger partial charge in [0.05, 0.1) is 19.3 Å². The highest BCUT2D eigenvalue weighted by Gasteiger charge is 2.52. The van der Waals surface area contributed by atoms with Crippen molar-refractivity contribution in [1.29, 1.82) is 0 Å². The molecule has 2 fully saturated rings. The molecule has 4 heterocycles. The Bertz CT molecular complexity index is 1290. The van der Waals surface area contributed by atoms with E-state index in [1.165, 1.54) is 12.3 Å². The Labute approximate surface area is 263 Å². The molecule has 0 radical (unpaired) electrons. The summed E-state index contributed by atoms with van der Waals surface area (Å²) in [6, 6.07) is 6.89. The molecular formula is C26H27F10N3O9. The third kappa shape index (κ3) is 13.7. The molecule has 4 rings (SSSR count). The van der Waals surface area contributed by atoms with Crippen molar-refractivity contribution in [3.63, 3.8) is 0 Å². The number of hydrogen-bond acceptors (Lipinski definition) is 9. The number of nitrogens with zero attached hydrogens (tertiary/aromatic N) is 3. The number of carboxylic acids is 3. The first-order chi connectivity index (χ1) is 22.0. The van der Waals surface area contributed by atoms with Crippen LogP contribution in [0, 0.1) is 11.7 Å². The van der Waals surface area contributed by atoms with E-state index in [1.807, 2.05) is 12.1 Å². The van der Waals surface area contributed by atoms with E-state index in [0.717, 1.165) is 44.6 Å². The molecule has 2 aromatic rings. The Hall–Kier alpha value is -4.47. The third-order valence-corrected chi connectivity index (χ3v) is 6.18. The predicted octanol–water partition coefficient (Wildman–Crippen LogP) is 4.58. The highest BCUT2D eigenvalue weighted by molar-refractivity contribution is 5.73. The van der Waals surface area contributed by atoms with E-state index in [4.69, 9.17) is 43.9 Å². The van der Waals surface area contributed by atoms with Crippen molar-refractivity contribution >= 4 is 17.9 Å². The van der Waals surface area contributed by atoms with Gasteiger partial charge in [0.25, 0.3) is 0 Å². The molecule has 12 nitrogen and oxygen atoms in total. The molecule has 0 saturated carbocycles. The summed E-state index contributed by atoms with van der Waals surface area (Å²) in [5, 5.41) is 21.4. The number of methoxy groups -OCH3 is 1. The van der Waals surface area contributed by atoms with E-state index in [2.05, 4.69) is 14.9 Å². The van der Waals surface area contributed by atoms with Crippen molar-refractivity contribution < 1.29 is 87.8 Å². The summed E-state index contributed by atoms with van der Waals surface area (Å²) < 4.78 is 126. The lowest BCUT2D eigenvalue weighted by molar-refractivity contribution is -0.193. The standard InChI is InChI=1S/C20H24FN3O3.3C2HF3O2/c1-25-18-15(4-2-8-22-18)12-24-13-20(14-24)16(7-11-27-20)6-10-26-19-17(21)5-3-9-23-19;3*3-2(4,5)1(6)7/h2-5,8-9,16H,6-7,10-14H2,1H3;3*(H,6,7). The largest absolute Gasteiger partial charge is 0.490 e. The van der Waals surface area contributed by atoms with Gasteiger partial charge in [0.2, 0.25) is 11.8 Å². The summed E-state index contributed by atoms with van der Waals surface area (Å²) in [6.07, 6.45) is -10.1. The number of aliphatic carboxylic acids is 3. The van der Waals surface area contributed by atoms with E-state index in [9.17, 15) is 43.9 Å². The summed E-state index contributed by atoms with van der Waals surface area (Å²) in [7, 11) is 1.64. The molecule has 1 unspecified atom stereocenters. The molecule has 270 valence electrons. The van der Waals surface area contributed by atoms with E-state index < -0.39 is 42.3 Å². The van der Waals surface area contributed by atoms with Crippen LogP contribution in [0.3, 0.4) is 0 Å². The maximum absolute atomic E-state index is 13.6. The fraction of sp³-hybridized carbons (Fsp3) is 0.500. The number of carboxylic acid groups (broad SMARTS) is 3. The van der Waals surface area contributed by atoms with Gasteiger partial charge in [-0.1, -0.05) is 6.07 Å². The third-order valence-electron chi connectivity index (χ3n) is 6.18. The maximum Gasteiger partial charge on any atom is 0.490 e. The second kappa shape index (κ2) is 17.6. The van der Waals surface area contributed by atoms with Crippen LogP contribution in [0.5, 0.6) is 11.8 Å². The molecule has 3 N–H and O–H groups in total. The minimum Gasteiger partial charge on any atom is -0.481 e. The van der Waals surface area contributed by atoms with Crippen molar-refractivity contribution in [3.8, 4) is 11.8 Å². The normalized spacial score (nSPS) is 16.9. The van der Waals surface area contributed by atoms with Gasteiger partial charge in [-0.2, -0.15) is 39.5 Å². The molecular weight excluding hydrogens is 688 g/mol. The fourth-order valence-corrected chi connectivity index (χ4v) is 4.11. The molecule has 0 aliphatic carbocycles. The van der Waals surface area contributed by atoms with Gasteiger partial charge in [0, 0.05) is 44.2 Å². The second-order valence-corrected chi connectivity index (χ2v) is 9.55. The first-order valence-electron chi connectivity index (χ1n) is 13.0. The Morgan fingerprint density at radius 2 is 1.33 bits per heavy atom. The van der Waals surface area contributed by atoms with Gasteiger partial charge >= 0.3 is 36.4 Å². The van der Waals surface area contributed by atoms with Gasteiger partial charge in [-0.3, -0.25) is 4.90 Å².